The van der Waals surface area contributed by atoms with Crippen LogP contribution in [0.25, 0.3) is 83.4 Å². The molecule has 0 fully saturated rings. The van der Waals surface area contributed by atoms with E-state index in [2.05, 4.69) is 48.8 Å². The van der Waals surface area contributed by atoms with Crippen molar-refractivity contribution in [3.05, 3.63) is 224 Å². The molecule has 5 nitrogen and oxygen atoms in total. The van der Waals surface area contributed by atoms with Gasteiger partial charge in [0.1, 0.15) is 5.82 Å². The zero-order valence-electron chi connectivity index (χ0n) is 44.8. The van der Waals surface area contributed by atoms with Crippen molar-refractivity contribution < 1.29 is 45.4 Å². The van der Waals surface area contributed by atoms with Crippen molar-refractivity contribution in [1.29, 1.82) is 0 Å². The molecular weight excluding hydrogens is 952 g/mol. The van der Waals surface area contributed by atoms with Gasteiger partial charge >= 0.3 is 0 Å². The fourth-order valence-electron chi connectivity index (χ4n) is 7.99. The van der Waals surface area contributed by atoms with Crippen molar-refractivity contribution in [3.8, 4) is 62.1 Å². The molecule has 0 amide bonds. The van der Waals surface area contributed by atoms with Crippen LogP contribution in [0, 0.1) is 18.5 Å². The summed E-state index contributed by atoms with van der Waals surface area (Å²) in [4.78, 5) is 4.79. The second kappa shape index (κ2) is 16.9. The summed E-state index contributed by atoms with van der Waals surface area (Å²) in [5.74, 6) is 0.462. The number of nitrogens with zero attached hydrogens (tertiary/aromatic N) is 4. The molecule has 0 saturated heterocycles. The number of imidazole rings is 1. The summed E-state index contributed by atoms with van der Waals surface area (Å²) in [5, 5.41) is 1.90. The van der Waals surface area contributed by atoms with Crippen LogP contribution in [0.5, 0.6) is 11.5 Å². The molecule has 0 saturated carbocycles. The Bertz CT molecular complexity index is 3930. The molecule has 3 aromatic heterocycles. The third kappa shape index (κ3) is 7.35. The zero-order chi connectivity index (χ0) is 51.2. The number of aromatic nitrogens is 4. The predicted octanol–water partition coefficient (Wildman–Crippen LogP) is 13.7. The Morgan fingerprint density at radius 1 is 0.619 bits per heavy atom. The molecule has 63 heavy (non-hydrogen) atoms. The van der Waals surface area contributed by atoms with E-state index >= 15 is 0 Å². The number of pyridine rings is 1. The first-order valence-electron chi connectivity index (χ1n) is 25.5. The topological polar surface area (TPSA) is 35.9 Å². The van der Waals surface area contributed by atoms with Gasteiger partial charge in [-0.25, -0.2) is 4.98 Å². The van der Waals surface area contributed by atoms with Crippen LogP contribution in [0.15, 0.2) is 200 Å². The van der Waals surface area contributed by atoms with Crippen LogP contribution in [0.1, 0.15) is 40.4 Å². The fraction of sp³-hybridized carbons (Fsp3) is 0.0526. The second-order valence-electron chi connectivity index (χ2n) is 14.9. The van der Waals surface area contributed by atoms with Crippen LogP contribution >= 0.6 is 0 Å². The molecule has 3 heterocycles. The monoisotopic (exact) mass is 1000 g/mol. The summed E-state index contributed by atoms with van der Waals surface area (Å²) in [6.45, 7) is 3.68. The Morgan fingerprint density at radius 2 is 1.32 bits per heavy atom. The molecule has 0 radical (unpaired) electrons. The molecule has 0 aliphatic rings. The van der Waals surface area contributed by atoms with Gasteiger partial charge in [0.05, 0.1) is 30.4 Å². The van der Waals surface area contributed by atoms with E-state index in [0.29, 0.717) is 39.6 Å². The van der Waals surface area contributed by atoms with Crippen molar-refractivity contribution >= 4 is 32.8 Å². The van der Waals surface area contributed by atoms with Crippen molar-refractivity contribution in [2.24, 2.45) is 0 Å². The first-order valence-corrected chi connectivity index (χ1v) is 20.0. The number of benzene rings is 8. The summed E-state index contributed by atoms with van der Waals surface area (Å²) in [7, 11) is 0. The maximum atomic E-state index is 9.02. The molecule has 0 N–H and O–H groups in total. The van der Waals surface area contributed by atoms with Crippen LogP contribution in [0.4, 0.5) is 0 Å². The van der Waals surface area contributed by atoms with E-state index in [4.69, 9.17) is 24.8 Å². The Labute approximate surface area is 396 Å². The molecule has 0 aliphatic carbocycles. The first kappa shape index (κ1) is 29.1. The largest absolute Gasteiger partial charge is 0.510 e. The Hall–Kier alpha value is -7.33. The third-order valence-corrected chi connectivity index (χ3v) is 10.9. The minimum absolute atomic E-state index is 0. The number of fused-ring (bicyclic) bond motifs is 4. The van der Waals surface area contributed by atoms with E-state index in [1.54, 1.807) is 63.9 Å². The summed E-state index contributed by atoms with van der Waals surface area (Å²) >= 11 is 0. The number of ether oxygens (including phenoxy) is 1. The predicted molar refractivity (Wildman–Crippen MR) is 250 cm³/mol. The van der Waals surface area contributed by atoms with Gasteiger partial charge in [0.2, 0.25) is 0 Å². The van der Waals surface area contributed by atoms with Crippen molar-refractivity contribution in [2.45, 2.75) is 19.7 Å². The zero-order valence-corrected chi connectivity index (χ0v) is 36.1. The molecule has 0 unspecified atom stereocenters. The average molecular weight is 1000 g/mol. The van der Waals surface area contributed by atoms with Crippen LogP contribution in [0.3, 0.4) is 0 Å². The summed E-state index contributed by atoms with van der Waals surface area (Å²) < 4.78 is 108. The molecule has 0 aliphatic heterocycles. The van der Waals surface area contributed by atoms with E-state index in [9.17, 15) is 0 Å². The van der Waals surface area contributed by atoms with Gasteiger partial charge in [-0.1, -0.05) is 165 Å². The fourth-order valence-corrected chi connectivity index (χ4v) is 7.99. The minimum Gasteiger partial charge on any atom is -0.510 e. The van der Waals surface area contributed by atoms with Crippen LogP contribution < -0.4 is 9.30 Å². The van der Waals surface area contributed by atoms with Gasteiger partial charge < -0.3 is 13.9 Å². The van der Waals surface area contributed by atoms with E-state index in [-0.39, 0.29) is 49.0 Å². The van der Waals surface area contributed by atoms with Crippen LogP contribution in [0.2, 0.25) is 0 Å². The molecule has 11 aromatic rings. The molecule has 11 rings (SSSR count). The van der Waals surface area contributed by atoms with Gasteiger partial charge in [0, 0.05) is 45.6 Å². The molecule has 306 valence electrons. The van der Waals surface area contributed by atoms with Gasteiger partial charge in [0.15, 0.2) is 0 Å². The second-order valence-corrected chi connectivity index (χ2v) is 14.9. The summed E-state index contributed by atoms with van der Waals surface area (Å²) in [5.41, 5.74) is 6.24. The van der Waals surface area contributed by atoms with Crippen molar-refractivity contribution in [2.75, 3.05) is 0 Å². The van der Waals surface area contributed by atoms with Crippen molar-refractivity contribution in [1.82, 2.24) is 14.1 Å². The Morgan fingerprint density at radius 3 is 2.06 bits per heavy atom. The van der Waals surface area contributed by atoms with Gasteiger partial charge in [-0.15, -0.1) is 29.7 Å². The van der Waals surface area contributed by atoms with E-state index in [1.165, 1.54) is 0 Å². The maximum absolute atomic E-state index is 9.02. The van der Waals surface area contributed by atoms with Gasteiger partial charge in [-0.2, -0.15) is 18.2 Å². The number of rotatable bonds is 9. The van der Waals surface area contributed by atoms with Crippen LogP contribution in [-0.4, -0.2) is 14.1 Å². The smallest absolute Gasteiger partial charge is 0.268 e. The van der Waals surface area contributed by atoms with Gasteiger partial charge in [-0.05, 0) is 74.1 Å². The number of para-hydroxylation sites is 3. The van der Waals surface area contributed by atoms with Gasteiger partial charge in [0.25, 0.3) is 6.33 Å². The Kier molecular flexibility index (Phi) is 7.77. The molecular formula is C57H40N4OPt-2. The normalized spacial score (nSPS) is 14.0. The minimum atomic E-state index is -0.877. The van der Waals surface area contributed by atoms with Gasteiger partial charge in [-0.3, -0.25) is 4.57 Å². The van der Waals surface area contributed by atoms with E-state index in [1.807, 2.05) is 73.0 Å². The summed E-state index contributed by atoms with van der Waals surface area (Å²) in [6, 6.07) is 43.0. The van der Waals surface area contributed by atoms with Crippen molar-refractivity contribution in [3.63, 3.8) is 0 Å². The molecule has 6 heteroatoms. The number of hydrogen-bond acceptors (Lipinski definition) is 2. The average Bonchev–Trinajstić information content (AvgIpc) is 3.94. The quantitative estimate of drug-likeness (QED) is 0.107. The SMILES string of the molecule is [2H]c1c([2H])c([2H])c(-c2cccc(-c3c([2H])c([2H])c([2H])c([2H])c3[2H])c2-[n+]2[c-]n(-c3[c-]c(Oc4[c-]c5c(cc4)c4cc(-c6ccccc6)ccc4n5-c4cc(C([2H])(C)C)ccn4)ccc3)c3ccccc32)c([2H])c1[2H].[Pt]. The first-order chi connectivity index (χ1) is 35.0. The summed E-state index contributed by atoms with van der Waals surface area (Å²) in [6.07, 6.45) is 5.11. The molecule has 0 spiro atoms. The molecule has 0 bridgehead atoms. The van der Waals surface area contributed by atoms with Crippen LogP contribution in [-0.2, 0) is 21.1 Å². The van der Waals surface area contributed by atoms with E-state index < -0.39 is 66.3 Å². The molecule has 0 atom stereocenters. The molecule has 8 aromatic carbocycles. The Balaban J connectivity index is 0.00000626. The standard InChI is InChI=1S/C57H40N4O.Pt/c1-39(2)43-32-33-58-56(35-43)61-52-31-28-44(40-16-6-3-7-17-40)34-51(52)50-30-29-47(37-55(50)61)62-46-23-14-22-45(36-46)59-38-60(54-27-13-12-26-53(54)59)57-48(41-18-8-4-9-19-41)24-15-25-49(57)42-20-10-5-11-21-42;/h3-35,39H,1-2H3;/q-2;/i4D,5D,8D,9D,10D,11D,18D,19D,20D,21D,39D;. The number of hydrogen-bond donors (Lipinski definition) is 0. The third-order valence-electron chi connectivity index (χ3n) is 10.9. The maximum Gasteiger partial charge on any atom is 0.268 e. The van der Waals surface area contributed by atoms with E-state index in [0.717, 1.165) is 33.0 Å².